The van der Waals surface area contributed by atoms with E-state index in [0.29, 0.717) is 12.3 Å². The molecular formula is C29H30N4O3. The third kappa shape index (κ3) is 6.67. The highest BCUT2D eigenvalue weighted by Gasteiger charge is 2.12. The number of hydrogen-bond donors (Lipinski definition) is 1. The van der Waals surface area contributed by atoms with Crippen molar-refractivity contribution < 1.29 is 9.53 Å². The number of hydrogen-bond acceptors (Lipinski definition) is 5. The van der Waals surface area contributed by atoms with Crippen LogP contribution in [0.3, 0.4) is 0 Å². The molecule has 1 aromatic heterocycles. The van der Waals surface area contributed by atoms with Crippen molar-refractivity contribution in [1.82, 2.24) is 20.0 Å². The second-order valence-electron chi connectivity index (χ2n) is 8.72. The lowest BCUT2D eigenvalue weighted by Crippen LogP contribution is -2.30. The highest BCUT2D eigenvalue weighted by atomic mass is 16.5. The van der Waals surface area contributed by atoms with Crippen LogP contribution in [0.4, 0.5) is 0 Å². The van der Waals surface area contributed by atoms with E-state index in [1.54, 1.807) is 0 Å². The van der Waals surface area contributed by atoms with Gasteiger partial charge in [-0.2, -0.15) is 5.10 Å². The molecule has 0 unspecified atom stereocenters. The first-order valence-corrected chi connectivity index (χ1v) is 11.9. The molecule has 0 radical (unpaired) electrons. The van der Waals surface area contributed by atoms with Crippen LogP contribution in [0.15, 0.2) is 95.8 Å². The largest absolute Gasteiger partial charge is 0.492 e. The molecule has 0 saturated carbocycles. The molecular weight excluding hydrogens is 452 g/mol. The molecule has 1 heterocycles. The molecule has 0 saturated heterocycles. The van der Waals surface area contributed by atoms with Gasteiger partial charge in [-0.25, -0.2) is 4.68 Å². The minimum atomic E-state index is -0.344. The van der Waals surface area contributed by atoms with Crippen LogP contribution in [-0.4, -0.2) is 41.3 Å². The van der Waals surface area contributed by atoms with E-state index in [1.165, 1.54) is 22.4 Å². The maximum Gasteiger partial charge on any atom is 0.271 e. The Morgan fingerprint density at radius 3 is 2.39 bits per heavy atom. The summed E-state index contributed by atoms with van der Waals surface area (Å²) in [5, 5.41) is 7.17. The van der Waals surface area contributed by atoms with Gasteiger partial charge in [0.15, 0.2) is 0 Å². The number of carbonyl (C=O) groups excluding carboxylic acids is 1. The summed E-state index contributed by atoms with van der Waals surface area (Å²) in [6, 6.07) is 28.6. The Morgan fingerprint density at radius 1 is 0.917 bits per heavy atom. The van der Waals surface area contributed by atoms with Crippen molar-refractivity contribution in [2.24, 2.45) is 0 Å². The summed E-state index contributed by atoms with van der Waals surface area (Å²) in [6.07, 6.45) is 0. The number of benzene rings is 3. The highest BCUT2D eigenvalue weighted by molar-refractivity contribution is 5.92. The maximum absolute atomic E-state index is 12.8. The van der Waals surface area contributed by atoms with Gasteiger partial charge < -0.3 is 15.0 Å². The Hall–Kier alpha value is -4.23. The lowest BCUT2D eigenvalue weighted by Gasteiger charge is -2.13. The summed E-state index contributed by atoms with van der Waals surface area (Å²) < 4.78 is 6.90. The van der Waals surface area contributed by atoms with Crippen LogP contribution in [0.1, 0.15) is 21.6 Å². The Morgan fingerprint density at radius 2 is 1.64 bits per heavy atom. The molecule has 0 atom stereocenters. The number of para-hydroxylation sites is 1. The van der Waals surface area contributed by atoms with Gasteiger partial charge in [0.25, 0.3) is 11.5 Å². The summed E-state index contributed by atoms with van der Waals surface area (Å²) in [5.41, 5.74) is 4.28. The molecule has 0 aliphatic heterocycles. The van der Waals surface area contributed by atoms with Crippen LogP contribution in [0.5, 0.6) is 5.75 Å². The molecule has 36 heavy (non-hydrogen) atoms. The topological polar surface area (TPSA) is 76.5 Å². The number of nitrogens with zero attached hydrogens (tertiary/aromatic N) is 3. The normalized spacial score (nSPS) is 10.9. The molecule has 1 amide bonds. The van der Waals surface area contributed by atoms with Gasteiger partial charge in [0.05, 0.1) is 6.54 Å². The van der Waals surface area contributed by atoms with E-state index in [9.17, 15) is 9.59 Å². The summed E-state index contributed by atoms with van der Waals surface area (Å²) in [4.78, 5) is 27.2. The van der Waals surface area contributed by atoms with Crippen molar-refractivity contribution in [1.29, 1.82) is 0 Å². The van der Waals surface area contributed by atoms with Gasteiger partial charge in [-0.15, -0.1) is 0 Å². The van der Waals surface area contributed by atoms with E-state index in [4.69, 9.17) is 4.74 Å². The summed E-state index contributed by atoms with van der Waals surface area (Å²) in [5.74, 6) is 0.370. The molecule has 7 heteroatoms. The summed E-state index contributed by atoms with van der Waals surface area (Å²) in [7, 11) is 4.09. The first-order chi connectivity index (χ1) is 17.5. The molecule has 0 aliphatic rings. The third-order valence-corrected chi connectivity index (χ3v) is 5.63. The highest BCUT2D eigenvalue weighted by Crippen LogP contribution is 2.24. The van der Waals surface area contributed by atoms with Gasteiger partial charge in [0, 0.05) is 19.2 Å². The van der Waals surface area contributed by atoms with Crippen molar-refractivity contribution in [3.63, 3.8) is 0 Å². The van der Waals surface area contributed by atoms with Crippen molar-refractivity contribution in [3.8, 4) is 16.9 Å². The fraction of sp³-hybridized carbons (Fsp3) is 0.207. The molecule has 0 aliphatic carbocycles. The smallest absolute Gasteiger partial charge is 0.271 e. The minimum Gasteiger partial charge on any atom is -0.492 e. The molecule has 3 aromatic carbocycles. The number of nitrogens with one attached hydrogen (secondary N) is 1. The number of ether oxygens (including phenoxy) is 1. The molecule has 1 N–H and O–H groups in total. The lowest BCUT2D eigenvalue weighted by atomic mass is 9.98. The average molecular weight is 483 g/mol. The minimum absolute atomic E-state index is 0.180. The Bertz CT molecular complexity index is 1350. The van der Waals surface area contributed by atoms with Crippen LogP contribution in [0, 0.1) is 0 Å². The van der Waals surface area contributed by atoms with Crippen molar-refractivity contribution in [2.75, 3.05) is 20.7 Å². The first kappa shape index (κ1) is 24.9. The molecule has 7 nitrogen and oxygen atoms in total. The maximum atomic E-state index is 12.8. The van der Waals surface area contributed by atoms with Gasteiger partial charge in [-0.3, -0.25) is 9.59 Å². The predicted octanol–water partition coefficient (Wildman–Crippen LogP) is 3.98. The van der Waals surface area contributed by atoms with E-state index in [-0.39, 0.29) is 30.3 Å². The van der Waals surface area contributed by atoms with Gasteiger partial charge in [-0.05, 0) is 54.5 Å². The van der Waals surface area contributed by atoms with Crippen molar-refractivity contribution in [3.05, 3.63) is 118 Å². The standard InChI is InChI=1S/C29H30N4O3/c1-32(2)21-22-12-14-23(15-13-22)26-11-7-6-8-24(26)20-30-29(35)27-16-17-28(34)33(31-27)18-19-36-25-9-4-3-5-10-25/h3-17H,18-21H2,1-2H3,(H,30,35). The monoisotopic (exact) mass is 482 g/mol. The third-order valence-electron chi connectivity index (χ3n) is 5.63. The molecule has 0 bridgehead atoms. The Labute approximate surface area is 211 Å². The van der Waals surface area contributed by atoms with Crippen LogP contribution in [0.2, 0.25) is 0 Å². The second kappa shape index (κ2) is 12.0. The molecule has 184 valence electrons. The van der Waals surface area contributed by atoms with E-state index >= 15 is 0 Å². The number of amides is 1. The Kier molecular flexibility index (Phi) is 8.26. The summed E-state index contributed by atoms with van der Waals surface area (Å²) >= 11 is 0. The van der Waals surface area contributed by atoms with Crippen LogP contribution in [-0.2, 0) is 19.6 Å². The fourth-order valence-corrected chi connectivity index (χ4v) is 3.87. The second-order valence-corrected chi connectivity index (χ2v) is 8.72. The van der Waals surface area contributed by atoms with Gasteiger partial charge >= 0.3 is 0 Å². The summed E-state index contributed by atoms with van der Waals surface area (Å²) in [6.45, 7) is 1.72. The zero-order valence-corrected chi connectivity index (χ0v) is 20.6. The number of aromatic nitrogens is 2. The quantitative estimate of drug-likeness (QED) is 0.370. The van der Waals surface area contributed by atoms with E-state index in [1.807, 2.05) is 68.7 Å². The van der Waals surface area contributed by atoms with Crippen LogP contribution >= 0.6 is 0 Å². The van der Waals surface area contributed by atoms with Crippen molar-refractivity contribution in [2.45, 2.75) is 19.6 Å². The van der Waals surface area contributed by atoms with Crippen LogP contribution < -0.4 is 15.6 Å². The van der Waals surface area contributed by atoms with Crippen molar-refractivity contribution >= 4 is 5.91 Å². The van der Waals surface area contributed by atoms with Gasteiger partial charge in [0.1, 0.15) is 18.1 Å². The first-order valence-electron chi connectivity index (χ1n) is 11.9. The molecule has 4 rings (SSSR count). The number of carbonyl (C=O) groups is 1. The predicted molar refractivity (Wildman–Crippen MR) is 141 cm³/mol. The van der Waals surface area contributed by atoms with Crippen LogP contribution in [0.25, 0.3) is 11.1 Å². The average Bonchev–Trinajstić information content (AvgIpc) is 2.89. The fourth-order valence-electron chi connectivity index (χ4n) is 3.87. The SMILES string of the molecule is CN(C)Cc1ccc(-c2ccccc2CNC(=O)c2ccc(=O)n(CCOc3ccccc3)n2)cc1. The zero-order chi connectivity index (χ0) is 25.3. The van der Waals surface area contributed by atoms with E-state index in [2.05, 4.69) is 39.6 Å². The van der Waals surface area contributed by atoms with Gasteiger partial charge in [-0.1, -0.05) is 66.7 Å². The van der Waals surface area contributed by atoms with E-state index in [0.717, 1.165) is 23.2 Å². The zero-order valence-electron chi connectivity index (χ0n) is 20.6. The van der Waals surface area contributed by atoms with E-state index < -0.39 is 0 Å². The molecule has 0 spiro atoms. The lowest BCUT2D eigenvalue weighted by molar-refractivity contribution is 0.0943. The van der Waals surface area contributed by atoms with Gasteiger partial charge in [0.2, 0.25) is 0 Å². The molecule has 0 fully saturated rings. The number of rotatable bonds is 10. The molecule has 4 aromatic rings. The Balaban J connectivity index is 1.40.